The number of halogens is 2. The Balaban J connectivity index is 1.68. The maximum absolute atomic E-state index is 13.7. The predicted molar refractivity (Wildman–Crippen MR) is 105 cm³/mol. The minimum Gasteiger partial charge on any atom is -0.394 e. The van der Waals surface area contributed by atoms with Crippen LogP contribution in [0, 0.1) is 11.6 Å². The van der Waals surface area contributed by atoms with Gasteiger partial charge in [0.2, 0.25) is 0 Å². The van der Waals surface area contributed by atoms with E-state index < -0.39 is 11.6 Å². The molecule has 0 bridgehead atoms. The third-order valence-electron chi connectivity index (χ3n) is 5.26. The van der Waals surface area contributed by atoms with Gasteiger partial charge in [0.25, 0.3) is 5.91 Å². The van der Waals surface area contributed by atoms with Crippen molar-refractivity contribution in [3.63, 3.8) is 0 Å². The number of aromatic nitrogens is 2. The van der Waals surface area contributed by atoms with Gasteiger partial charge in [0, 0.05) is 30.5 Å². The van der Waals surface area contributed by atoms with Crippen LogP contribution in [-0.4, -0.2) is 39.8 Å². The van der Waals surface area contributed by atoms with Crippen LogP contribution < -0.4 is 10.2 Å². The number of carbonyl (C=O) groups excluding carboxylic acids is 1. The lowest BCUT2D eigenvalue weighted by Gasteiger charge is -2.27. The number of benzene rings is 1. The fourth-order valence-electron chi connectivity index (χ4n) is 3.86. The molecule has 1 saturated heterocycles. The molecule has 2 N–H and O–H groups in total. The molecule has 1 aromatic carbocycles. The van der Waals surface area contributed by atoms with Gasteiger partial charge in [-0.15, -0.1) is 0 Å². The normalized spacial score (nSPS) is 17.7. The molecule has 1 fully saturated rings. The maximum atomic E-state index is 13.7. The standard InChI is InChI=1S/C21H22F2N4O2/c1-13(12-28)25-21(29)18-11-24-27-6-4-17(10-20(18)27)26-5-2-3-19(26)14-7-15(22)9-16(23)8-14/h4,6-11,13,19,28H,2-3,5,12H2,1H3,(H,25,29)/t13?,19-/m1/s1. The number of rotatable bonds is 5. The summed E-state index contributed by atoms with van der Waals surface area (Å²) in [5, 5.41) is 16.1. The molecule has 1 aliphatic heterocycles. The van der Waals surface area contributed by atoms with Gasteiger partial charge in [-0.3, -0.25) is 4.79 Å². The smallest absolute Gasteiger partial charge is 0.255 e. The highest BCUT2D eigenvalue weighted by molar-refractivity contribution is 6.01. The Morgan fingerprint density at radius 3 is 2.79 bits per heavy atom. The van der Waals surface area contributed by atoms with Crippen molar-refractivity contribution in [1.29, 1.82) is 0 Å². The summed E-state index contributed by atoms with van der Waals surface area (Å²) in [7, 11) is 0. The number of amides is 1. The SMILES string of the molecule is CC(CO)NC(=O)c1cnn2ccc(N3CCC[C@@H]3c3cc(F)cc(F)c3)cc12. The summed E-state index contributed by atoms with van der Waals surface area (Å²) in [4.78, 5) is 14.6. The lowest BCUT2D eigenvalue weighted by molar-refractivity contribution is 0.0924. The van der Waals surface area contributed by atoms with Crippen LogP contribution >= 0.6 is 0 Å². The Labute approximate surface area is 166 Å². The molecule has 0 aliphatic carbocycles. The molecule has 4 rings (SSSR count). The fourth-order valence-corrected chi connectivity index (χ4v) is 3.86. The van der Waals surface area contributed by atoms with Gasteiger partial charge in [-0.05, 0) is 49.6 Å². The second-order valence-corrected chi connectivity index (χ2v) is 7.38. The summed E-state index contributed by atoms with van der Waals surface area (Å²) in [6.45, 7) is 2.30. The molecule has 8 heteroatoms. The van der Waals surface area contributed by atoms with E-state index in [0.717, 1.165) is 31.1 Å². The second-order valence-electron chi connectivity index (χ2n) is 7.38. The van der Waals surface area contributed by atoms with Gasteiger partial charge in [0.1, 0.15) is 11.6 Å². The van der Waals surface area contributed by atoms with E-state index in [-0.39, 0.29) is 24.6 Å². The first kappa shape index (κ1) is 19.3. The van der Waals surface area contributed by atoms with Crippen LogP contribution in [0.5, 0.6) is 0 Å². The first-order valence-electron chi connectivity index (χ1n) is 9.58. The molecule has 1 aliphatic rings. The number of aliphatic hydroxyl groups excluding tert-OH is 1. The highest BCUT2D eigenvalue weighted by atomic mass is 19.1. The zero-order valence-corrected chi connectivity index (χ0v) is 16.0. The fraction of sp³-hybridized carbons (Fsp3) is 0.333. The van der Waals surface area contributed by atoms with Crippen LogP contribution in [0.25, 0.3) is 5.52 Å². The number of nitrogens with one attached hydrogen (secondary N) is 1. The summed E-state index contributed by atoms with van der Waals surface area (Å²) in [5.41, 5.74) is 2.48. The predicted octanol–water partition coefficient (Wildman–Crippen LogP) is 3.06. The third kappa shape index (κ3) is 3.80. The van der Waals surface area contributed by atoms with Crippen molar-refractivity contribution in [2.45, 2.75) is 31.8 Å². The average Bonchev–Trinajstić information content (AvgIpc) is 3.33. The van der Waals surface area contributed by atoms with Crippen LogP contribution in [0.2, 0.25) is 0 Å². The Morgan fingerprint density at radius 1 is 1.31 bits per heavy atom. The maximum Gasteiger partial charge on any atom is 0.255 e. The third-order valence-corrected chi connectivity index (χ3v) is 5.26. The number of hydrogen-bond acceptors (Lipinski definition) is 4. The molecule has 6 nitrogen and oxygen atoms in total. The van der Waals surface area contributed by atoms with Gasteiger partial charge in [0.15, 0.2) is 0 Å². The van der Waals surface area contributed by atoms with Crippen molar-refractivity contribution in [2.24, 2.45) is 0 Å². The van der Waals surface area contributed by atoms with Gasteiger partial charge >= 0.3 is 0 Å². The second kappa shape index (κ2) is 7.79. The molecule has 0 spiro atoms. The van der Waals surface area contributed by atoms with Gasteiger partial charge < -0.3 is 15.3 Å². The number of fused-ring (bicyclic) bond motifs is 1. The molecule has 0 saturated carbocycles. The molecule has 0 radical (unpaired) electrons. The van der Waals surface area contributed by atoms with Crippen molar-refractivity contribution in [2.75, 3.05) is 18.1 Å². The molecule has 1 amide bonds. The number of carbonyl (C=O) groups is 1. The highest BCUT2D eigenvalue weighted by Crippen LogP contribution is 2.37. The van der Waals surface area contributed by atoms with Crippen LogP contribution in [0.3, 0.4) is 0 Å². The van der Waals surface area contributed by atoms with Gasteiger partial charge in [-0.2, -0.15) is 5.10 Å². The van der Waals surface area contributed by atoms with Crippen molar-refractivity contribution >= 4 is 17.1 Å². The first-order valence-corrected chi connectivity index (χ1v) is 9.58. The number of pyridine rings is 1. The molecular formula is C21H22F2N4O2. The zero-order chi connectivity index (χ0) is 20.5. The average molecular weight is 400 g/mol. The molecule has 3 heterocycles. The topological polar surface area (TPSA) is 69.9 Å². The summed E-state index contributed by atoms with van der Waals surface area (Å²) < 4.78 is 29.0. The van der Waals surface area contributed by atoms with Gasteiger partial charge in [-0.25, -0.2) is 13.3 Å². The van der Waals surface area contributed by atoms with Crippen LogP contribution in [-0.2, 0) is 0 Å². The minimum atomic E-state index is -0.588. The number of aliphatic hydroxyl groups is 1. The number of nitrogens with zero attached hydrogens (tertiary/aromatic N) is 3. The largest absolute Gasteiger partial charge is 0.394 e. The Bertz CT molecular complexity index is 1030. The Hall–Kier alpha value is -3.00. The lowest BCUT2D eigenvalue weighted by atomic mass is 10.0. The molecule has 3 aromatic rings. The van der Waals surface area contributed by atoms with E-state index in [1.807, 2.05) is 12.1 Å². The summed E-state index contributed by atoms with van der Waals surface area (Å²) in [6.07, 6.45) is 4.93. The molecule has 29 heavy (non-hydrogen) atoms. The van der Waals surface area contributed by atoms with Crippen LogP contribution in [0.1, 0.15) is 41.7 Å². The van der Waals surface area contributed by atoms with Crippen LogP contribution in [0.4, 0.5) is 14.5 Å². The molecule has 152 valence electrons. The molecule has 2 atom stereocenters. The summed E-state index contributed by atoms with van der Waals surface area (Å²) >= 11 is 0. The number of anilines is 1. The van der Waals surface area contributed by atoms with E-state index in [1.54, 1.807) is 17.6 Å². The van der Waals surface area contributed by atoms with E-state index in [0.29, 0.717) is 16.6 Å². The van der Waals surface area contributed by atoms with Crippen molar-refractivity contribution in [3.05, 3.63) is 65.5 Å². The monoisotopic (exact) mass is 400 g/mol. The lowest BCUT2D eigenvalue weighted by Crippen LogP contribution is -2.34. The van der Waals surface area contributed by atoms with Crippen molar-refractivity contribution in [3.8, 4) is 0 Å². The molecular weight excluding hydrogens is 378 g/mol. The Morgan fingerprint density at radius 2 is 2.07 bits per heavy atom. The van der Waals surface area contributed by atoms with E-state index in [1.165, 1.54) is 18.3 Å². The number of hydrogen-bond donors (Lipinski definition) is 2. The van der Waals surface area contributed by atoms with Crippen molar-refractivity contribution < 1.29 is 18.7 Å². The summed E-state index contributed by atoms with van der Waals surface area (Å²) in [5.74, 6) is -1.49. The van der Waals surface area contributed by atoms with Crippen molar-refractivity contribution in [1.82, 2.24) is 14.9 Å². The highest BCUT2D eigenvalue weighted by Gasteiger charge is 2.28. The molecule has 2 aromatic heterocycles. The van der Waals surface area contributed by atoms with Gasteiger partial charge in [0.05, 0.1) is 29.9 Å². The van der Waals surface area contributed by atoms with Crippen LogP contribution in [0.15, 0.2) is 42.7 Å². The van der Waals surface area contributed by atoms with E-state index >= 15 is 0 Å². The molecule has 1 unspecified atom stereocenters. The van der Waals surface area contributed by atoms with E-state index in [2.05, 4.69) is 15.3 Å². The quantitative estimate of drug-likeness (QED) is 0.691. The van der Waals surface area contributed by atoms with Gasteiger partial charge in [-0.1, -0.05) is 0 Å². The summed E-state index contributed by atoms with van der Waals surface area (Å²) in [6, 6.07) is 6.85. The van der Waals surface area contributed by atoms with E-state index in [4.69, 9.17) is 5.11 Å². The first-order chi connectivity index (χ1) is 14.0. The minimum absolute atomic E-state index is 0.141. The zero-order valence-electron chi connectivity index (χ0n) is 16.0. The van der Waals surface area contributed by atoms with E-state index in [9.17, 15) is 13.6 Å². The Kier molecular flexibility index (Phi) is 5.19.